The van der Waals surface area contributed by atoms with E-state index >= 15 is 0 Å². The maximum absolute atomic E-state index is 4.54. The third-order valence-electron chi connectivity index (χ3n) is 4.31. The molecular formula is C14H24N4. The van der Waals surface area contributed by atoms with Gasteiger partial charge in [0.05, 0.1) is 18.1 Å². The third-order valence-corrected chi connectivity index (χ3v) is 4.31. The second kappa shape index (κ2) is 5.65. The summed E-state index contributed by atoms with van der Waals surface area (Å²) in [7, 11) is 1.92. The van der Waals surface area contributed by atoms with Crippen LogP contribution in [0.3, 0.4) is 0 Å². The summed E-state index contributed by atoms with van der Waals surface area (Å²) < 4.78 is 0. The van der Waals surface area contributed by atoms with Gasteiger partial charge in [-0.1, -0.05) is 13.8 Å². The fourth-order valence-electron chi connectivity index (χ4n) is 2.74. The summed E-state index contributed by atoms with van der Waals surface area (Å²) in [4.78, 5) is 11.4. The van der Waals surface area contributed by atoms with E-state index in [0.717, 1.165) is 31.1 Å². The normalized spacial score (nSPS) is 18.3. The molecule has 1 aliphatic rings. The van der Waals surface area contributed by atoms with Crippen LogP contribution < -0.4 is 10.2 Å². The van der Waals surface area contributed by atoms with E-state index in [4.69, 9.17) is 0 Å². The zero-order valence-electron chi connectivity index (χ0n) is 11.7. The first kappa shape index (κ1) is 13.3. The SMILES string of the molecule is CCC1(CC)CCN(c2cnc(CNC)cn2)C1. The second-order valence-electron chi connectivity index (χ2n) is 5.27. The molecule has 0 amide bonds. The molecule has 2 heterocycles. The van der Waals surface area contributed by atoms with E-state index in [0.29, 0.717) is 5.41 Å². The van der Waals surface area contributed by atoms with Crippen LogP contribution in [0.25, 0.3) is 0 Å². The highest BCUT2D eigenvalue weighted by atomic mass is 15.2. The van der Waals surface area contributed by atoms with Gasteiger partial charge in [-0.25, -0.2) is 4.98 Å². The van der Waals surface area contributed by atoms with Crippen molar-refractivity contribution in [2.75, 3.05) is 25.0 Å². The van der Waals surface area contributed by atoms with Crippen molar-refractivity contribution in [2.24, 2.45) is 5.41 Å². The Morgan fingerprint density at radius 1 is 1.28 bits per heavy atom. The van der Waals surface area contributed by atoms with Crippen LogP contribution in [-0.4, -0.2) is 30.1 Å². The van der Waals surface area contributed by atoms with Crippen molar-refractivity contribution in [3.63, 3.8) is 0 Å². The number of rotatable bonds is 5. The van der Waals surface area contributed by atoms with Gasteiger partial charge >= 0.3 is 0 Å². The Morgan fingerprint density at radius 3 is 2.56 bits per heavy atom. The molecule has 0 saturated carbocycles. The van der Waals surface area contributed by atoms with E-state index in [9.17, 15) is 0 Å². The molecule has 1 N–H and O–H groups in total. The summed E-state index contributed by atoms with van der Waals surface area (Å²) in [5.41, 5.74) is 1.49. The molecule has 1 aliphatic heterocycles. The average molecular weight is 248 g/mol. The van der Waals surface area contributed by atoms with Crippen molar-refractivity contribution in [2.45, 2.75) is 39.7 Å². The Hall–Kier alpha value is -1.16. The molecule has 0 spiro atoms. The molecule has 0 aliphatic carbocycles. The zero-order chi connectivity index (χ0) is 13.0. The zero-order valence-corrected chi connectivity index (χ0v) is 11.7. The maximum atomic E-state index is 4.54. The minimum atomic E-state index is 0.491. The van der Waals surface area contributed by atoms with E-state index < -0.39 is 0 Å². The predicted octanol–water partition coefficient (Wildman–Crippen LogP) is 2.21. The standard InChI is InChI=1S/C14H24N4/c1-4-14(5-2)6-7-18(11-14)13-10-16-12(8-15-3)9-17-13/h9-10,15H,4-8,11H2,1-3H3. The van der Waals surface area contributed by atoms with Crippen molar-refractivity contribution in [3.8, 4) is 0 Å². The van der Waals surface area contributed by atoms with Gasteiger partial charge in [0, 0.05) is 19.6 Å². The highest BCUT2D eigenvalue weighted by Crippen LogP contribution is 2.38. The molecule has 2 rings (SSSR count). The largest absolute Gasteiger partial charge is 0.355 e. The molecule has 1 aromatic rings. The maximum Gasteiger partial charge on any atom is 0.147 e. The molecule has 1 saturated heterocycles. The molecule has 1 aromatic heterocycles. The Labute approximate surface area is 110 Å². The lowest BCUT2D eigenvalue weighted by atomic mass is 9.82. The quantitative estimate of drug-likeness (QED) is 0.867. The first-order chi connectivity index (χ1) is 8.73. The molecule has 0 radical (unpaired) electrons. The Kier molecular flexibility index (Phi) is 4.17. The smallest absolute Gasteiger partial charge is 0.147 e. The fraction of sp³-hybridized carbons (Fsp3) is 0.714. The summed E-state index contributed by atoms with van der Waals surface area (Å²) in [5.74, 6) is 1.03. The predicted molar refractivity (Wildman–Crippen MR) is 74.6 cm³/mol. The number of aromatic nitrogens is 2. The number of anilines is 1. The van der Waals surface area contributed by atoms with Gasteiger partial charge in [-0.05, 0) is 31.7 Å². The van der Waals surface area contributed by atoms with Gasteiger partial charge < -0.3 is 10.2 Å². The molecule has 0 unspecified atom stereocenters. The van der Waals surface area contributed by atoms with Gasteiger partial charge in [0.1, 0.15) is 5.82 Å². The minimum Gasteiger partial charge on any atom is -0.355 e. The van der Waals surface area contributed by atoms with Crippen LogP contribution in [0.4, 0.5) is 5.82 Å². The molecule has 4 nitrogen and oxygen atoms in total. The number of nitrogens with zero attached hydrogens (tertiary/aromatic N) is 3. The number of nitrogens with one attached hydrogen (secondary N) is 1. The molecule has 0 atom stereocenters. The third kappa shape index (κ3) is 2.64. The van der Waals surface area contributed by atoms with E-state index in [2.05, 4.69) is 34.0 Å². The van der Waals surface area contributed by atoms with Gasteiger partial charge in [0.2, 0.25) is 0 Å². The van der Waals surface area contributed by atoms with Crippen LogP contribution >= 0.6 is 0 Å². The minimum absolute atomic E-state index is 0.491. The van der Waals surface area contributed by atoms with E-state index in [1.807, 2.05) is 19.4 Å². The second-order valence-corrected chi connectivity index (χ2v) is 5.27. The van der Waals surface area contributed by atoms with Crippen molar-refractivity contribution < 1.29 is 0 Å². The lowest BCUT2D eigenvalue weighted by molar-refractivity contribution is 0.301. The fourth-order valence-corrected chi connectivity index (χ4v) is 2.74. The van der Waals surface area contributed by atoms with Crippen molar-refractivity contribution >= 4 is 5.82 Å². The molecule has 18 heavy (non-hydrogen) atoms. The van der Waals surface area contributed by atoms with Gasteiger partial charge in [-0.3, -0.25) is 4.98 Å². The highest BCUT2D eigenvalue weighted by molar-refractivity contribution is 5.38. The monoisotopic (exact) mass is 248 g/mol. The summed E-state index contributed by atoms with van der Waals surface area (Å²) in [6.45, 7) is 7.62. The average Bonchev–Trinajstić information content (AvgIpc) is 2.85. The van der Waals surface area contributed by atoms with Crippen LogP contribution in [0.1, 0.15) is 38.8 Å². The topological polar surface area (TPSA) is 41.1 Å². The number of hydrogen-bond donors (Lipinski definition) is 1. The van der Waals surface area contributed by atoms with Crippen LogP contribution in [-0.2, 0) is 6.54 Å². The molecule has 0 aromatic carbocycles. The lowest BCUT2D eigenvalue weighted by Crippen LogP contribution is -2.26. The lowest BCUT2D eigenvalue weighted by Gasteiger charge is -2.26. The van der Waals surface area contributed by atoms with Gasteiger partial charge in [-0.2, -0.15) is 0 Å². The van der Waals surface area contributed by atoms with Crippen molar-refractivity contribution in [1.29, 1.82) is 0 Å². The van der Waals surface area contributed by atoms with Gasteiger partial charge in [0.15, 0.2) is 0 Å². The Morgan fingerprint density at radius 2 is 2.06 bits per heavy atom. The van der Waals surface area contributed by atoms with Crippen LogP contribution in [0.15, 0.2) is 12.4 Å². The summed E-state index contributed by atoms with van der Waals surface area (Å²) in [5, 5.41) is 3.09. The summed E-state index contributed by atoms with van der Waals surface area (Å²) in [6.07, 6.45) is 7.58. The first-order valence-corrected chi connectivity index (χ1v) is 6.93. The van der Waals surface area contributed by atoms with Crippen molar-refractivity contribution in [1.82, 2.24) is 15.3 Å². The molecule has 100 valence electrons. The van der Waals surface area contributed by atoms with Crippen LogP contribution in [0, 0.1) is 5.41 Å². The Bertz CT molecular complexity index is 370. The first-order valence-electron chi connectivity index (χ1n) is 6.93. The van der Waals surface area contributed by atoms with Crippen LogP contribution in [0.5, 0.6) is 0 Å². The molecule has 0 bridgehead atoms. The summed E-state index contributed by atoms with van der Waals surface area (Å²) in [6, 6.07) is 0. The highest BCUT2D eigenvalue weighted by Gasteiger charge is 2.35. The van der Waals surface area contributed by atoms with E-state index in [1.165, 1.54) is 19.3 Å². The summed E-state index contributed by atoms with van der Waals surface area (Å²) >= 11 is 0. The molecular weight excluding hydrogens is 224 g/mol. The van der Waals surface area contributed by atoms with Crippen molar-refractivity contribution in [3.05, 3.63) is 18.1 Å². The number of hydrogen-bond acceptors (Lipinski definition) is 4. The van der Waals surface area contributed by atoms with Gasteiger partial charge in [-0.15, -0.1) is 0 Å². The van der Waals surface area contributed by atoms with Gasteiger partial charge in [0.25, 0.3) is 0 Å². The Balaban J connectivity index is 2.05. The van der Waals surface area contributed by atoms with Crippen LogP contribution in [0.2, 0.25) is 0 Å². The van der Waals surface area contributed by atoms with E-state index in [1.54, 1.807) is 0 Å². The molecule has 1 fully saturated rings. The molecule has 4 heteroatoms. The van der Waals surface area contributed by atoms with E-state index in [-0.39, 0.29) is 0 Å².